The molecule has 0 rings (SSSR count). The molecule has 0 saturated carbocycles. The molecule has 0 fully saturated rings. The summed E-state index contributed by atoms with van der Waals surface area (Å²) in [4.78, 5) is 21.9. The van der Waals surface area contributed by atoms with E-state index in [0.717, 1.165) is 0 Å². The molecule has 106 valence electrons. The third-order valence-corrected chi connectivity index (χ3v) is 2.34. The molecule has 7 heteroatoms. The Morgan fingerprint density at radius 2 is 1.83 bits per heavy atom. The molecule has 0 saturated heterocycles. The number of aliphatic hydroxyl groups excluding tert-OH is 1. The highest BCUT2D eigenvalue weighted by atomic mass is 16.6. The first-order valence-corrected chi connectivity index (χ1v) is 5.36. The second kappa shape index (κ2) is 8.98. The molecule has 7 nitrogen and oxygen atoms in total. The van der Waals surface area contributed by atoms with Gasteiger partial charge in [-0.05, 0) is 0 Å². The van der Waals surface area contributed by atoms with Gasteiger partial charge in [-0.1, -0.05) is 0 Å². The van der Waals surface area contributed by atoms with E-state index in [-0.39, 0.29) is 6.61 Å². The Morgan fingerprint density at radius 1 is 1.22 bits per heavy atom. The quantitative estimate of drug-likeness (QED) is 0.428. The van der Waals surface area contributed by atoms with Crippen molar-refractivity contribution in [3.05, 3.63) is 0 Å². The zero-order valence-electron chi connectivity index (χ0n) is 11.0. The first-order valence-electron chi connectivity index (χ1n) is 5.36. The third-order valence-electron chi connectivity index (χ3n) is 2.34. The maximum absolute atomic E-state index is 11.0. The summed E-state index contributed by atoms with van der Waals surface area (Å²) in [5.74, 6) is -0.601. The lowest BCUT2D eigenvalue weighted by atomic mass is 10.0. The lowest BCUT2D eigenvalue weighted by molar-refractivity contribution is -0.179. The van der Waals surface area contributed by atoms with Crippen molar-refractivity contribution in [1.29, 1.82) is 0 Å². The lowest BCUT2D eigenvalue weighted by Gasteiger charge is -2.31. The number of carbonyl (C=O) groups excluding carboxylic acids is 2. The van der Waals surface area contributed by atoms with Gasteiger partial charge in [-0.3, -0.25) is 4.79 Å². The van der Waals surface area contributed by atoms with E-state index in [1.54, 1.807) is 0 Å². The number of hydrogen-bond donors (Lipinski definition) is 1. The minimum Gasteiger partial charge on any atom is -0.456 e. The van der Waals surface area contributed by atoms with Crippen LogP contribution in [0.15, 0.2) is 0 Å². The Bertz CT molecular complexity index is 256. The minimum absolute atomic E-state index is 0.0223. The van der Waals surface area contributed by atoms with Gasteiger partial charge < -0.3 is 28.8 Å². The molecule has 0 aliphatic rings. The monoisotopic (exact) mass is 264 g/mol. The van der Waals surface area contributed by atoms with Gasteiger partial charge in [0.15, 0.2) is 18.5 Å². The van der Waals surface area contributed by atoms with Crippen LogP contribution in [0.25, 0.3) is 0 Å². The standard InChI is InChI=1S/C11H20O7/c1-7(13)18-11(9(5-12)16-3)10(17-4)8(14)6-15-2/h5,8-11,14H,6H2,1-4H3/t8-,9+,10+,11-/m1/s1. The first-order chi connectivity index (χ1) is 8.51. The van der Waals surface area contributed by atoms with Crippen LogP contribution in [-0.4, -0.2) is 69.7 Å². The molecule has 0 aliphatic heterocycles. The number of hydrogen-bond acceptors (Lipinski definition) is 7. The van der Waals surface area contributed by atoms with Crippen LogP contribution in [0.3, 0.4) is 0 Å². The summed E-state index contributed by atoms with van der Waals surface area (Å²) >= 11 is 0. The van der Waals surface area contributed by atoms with Crippen molar-refractivity contribution in [2.24, 2.45) is 0 Å². The number of esters is 1. The summed E-state index contributed by atoms with van der Waals surface area (Å²) < 4.78 is 19.7. The Morgan fingerprint density at radius 3 is 2.17 bits per heavy atom. The molecule has 0 bridgehead atoms. The van der Waals surface area contributed by atoms with Crippen molar-refractivity contribution in [3.8, 4) is 0 Å². The van der Waals surface area contributed by atoms with Crippen molar-refractivity contribution >= 4 is 12.3 Å². The van der Waals surface area contributed by atoms with E-state index >= 15 is 0 Å². The fourth-order valence-corrected chi connectivity index (χ4v) is 1.56. The molecule has 0 aromatic rings. The Labute approximate surface area is 106 Å². The van der Waals surface area contributed by atoms with E-state index in [9.17, 15) is 14.7 Å². The highest BCUT2D eigenvalue weighted by Gasteiger charge is 2.37. The van der Waals surface area contributed by atoms with Gasteiger partial charge in [0.1, 0.15) is 12.2 Å². The van der Waals surface area contributed by atoms with E-state index in [0.29, 0.717) is 6.29 Å². The van der Waals surface area contributed by atoms with Crippen LogP contribution < -0.4 is 0 Å². The van der Waals surface area contributed by atoms with E-state index in [1.807, 2.05) is 0 Å². The summed E-state index contributed by atoms with van der Waals surface area (Å²) in [7, 11) is 4.03. The summed E-state index contributed by atoms with van der Waals surface area (Å²) in [5.41, 5.74) is 0. The molecule has 0 aromatic carbocycles. The van der Waals surface area contributed by atoms with Crippen LogP contribution >= 0.6 is 0 Å². The maximum atomic E-state index is 11.0. The second-order valence-electron chi connectivity index (χ2n) is 3.63. The van der Waals surface area contributed by atoms with E-state index in [1.165, 1.54) is 28.3 Å². The molecule has 0 unspecified atom stereocenters. The molecule has 18 heavy (non-hydrogen) atoms. The first kappa shape index (κ1) is 17.0. The molecule has 0 radical (unpaired) electrons. The van der Waals surface area contributed by atoms with Crippen molar-refractivity contribution in [3.63, 3.8) is 0 Å². The van der Waals surface area contributed by atoms with Crippen LogP contribution in [-0.2, 0) is 28.5 Å². The Balaban J connectivity index is 4.97. The van der Waals surface area contributed by atoms with Gasteiger partial charge in [-0.15, -0.1) is 0 Å². The average Bonchev–Trinajstić information content (AvgIpc) is 2.31. The summed E-state index contributed by atoms with van der Waals surface area (Å²) in [6.45, 7) is 1.17. The van der Waals surface area contributed by atoms with Gasteiger partial charge in [0.25, 0.3) is 0 Å². The topological polar surface area (TPSA) is 91.3 Å². The predicted molar refractivity (Wildman–Crippen MR) is 61.1 cm³/mol. The highest BCUT2D eigenvalue weighted by Crippen LogP contribution is 2.14. The van der Waals surface area contributed by atoms with Gasteiger partial charge in [-0.25, -0.2) is 0 Å². The van der Waals surface area contributed by atoms with Crippen LogP contribution in [0.5, 0.6) is 0 Å². The minimum atomic E-state index is -1.05. The highest BCUT2D eigenvalue weighted by molar-refractivity contribution is 5.67. The van der Waals surface area contributed by atoms with Crippen LogP contribution in [0.4, 0.5) is 0 Å². The van der Waals surface area contributed by atoms with Crippen LogP contribution in [0, 0.1) is 0 Å². The van der Waals surface area contributed by atoms with E-state index in [4.69, 9.17) is 18.9 Å². The van der Waals surface area contributed by atoms with Crippen LogP contribution in [0.1, 0.15) is 6.92 Å². The maximum Gasteiger partial charge on any atom is 0.303 e. The van der Waals surface area contributed by atoms with E-state index in [2.05, 4.69) is 0 Å². The summed E-state index contributed by atoms with van der Waals surface area (Å²) in [5, 5.41) is 9.82. The van der Waals surface area contributed by atoms with Crippen molar-refractivity contribution in [1.82, 2.24) is 0 Å². The number of methoxy groups -OCH3 is 3. The number of aliphatic hydroxyl groups is 1. The summed E-state index contributed by atoms with van der Waals surface area (Å²) in [6.07, 6.45) is -3.56. The molecule has 0 heterocycles. The van der Waals surface area contributed by atoms with E-state index < -0.39 is 30.4 Å². The zero-order valence-corrected chi connectivity index (χ0v) is 11.0. The number of rotatable bonds is 9. The van der Waals surface area contributed by atoms with Gasteiger partial charge in [0.2, 0.25) is 0 Å². The normalized spacial score (nSPS) is 17.6. The van der Waals surface area contributed by atoms with Crippen molar-refractivity contribution < 1.29 is 33.6 Å². The number of ether oxygens (including phenoxy) is 4. The van der Waals surface area contributed by atoms with Gasteiger partial charge in [0.05, 0.1) is 6.61 Å². The zero-order chi connectivity index (χ0) is 14.1. The average molecular weight is 264 g/mol. The molecule has 0 aliphatic carbocycles. The van der Waals surface area contributed by atoms with Gasteiger partial charge in [-0.2, -0.15) is 0 Å². The van der Waals surface area contributed by atoms with Crippen molar-refractivity contribution in [2.75, 3.05) is 27.9 Å². The van der Waals surface area contributed by atoms with Crippen LogP contribution in [0.2, 0.25) is 0 Å². The lowest BCUT2D eigenvalue weighted by Crippen LogP contribution is -2.50. The second-order valence-corrected chi connectivity index (χ2v) is 3.63. The Hall–Kier alpha value is -1.02. The molecule has 1 N–H and O–H groups in total. The smallest absolute Gasteiger partial charge is 0.303 e. The number of carbonyl (C=O) groups is 2. The number of aldehydes is 1. The molecule has 0 spiro atoms. The third kappa shape index (κ3) is 5.09. The largest absolute Gasteiger partial charge is 0.456 e. The SMILES string of the molecule is COC[C@@H](O)[C@H](OC)[C@H](OC(C)=O)[C@H](C=O)OC. The molecule has 4 atom stereocenters. The fraction of sp³-hybridized carbons (Fsp3) is 0.818. The van der Waals surface area contributed by atoms with Gasteiger partial charge in [0, 0.05) is 28.3 Å². The predicted octanol–water partition coefficient (Wildman–Crippen LogP) is -0.846. The van der Waals surface area contributed by atoms with Gasteiger partial charge >= 0.3 is 5.97 Å². The summed E-state index contributed by atoms with van der Waals surface area (Å²) in [6, 6.07) is 0. The molecule has 0 aromatic heterocycles. The Kier molecular flexibility index (Phi) is 8.47. The molecular formula is C11H20O7. The molecular weight excluding hydrogens is 244 g/mol. The fourth-order valence-electron chi connectivity index (χ4n) is 1.56. The van der Waals surface area contributed by atoms with Crippen molar-refractivity contribution in [2.45, 2.75) is 31.3 Å². The molecule has 0 amide bonds.